The minimum Gasteiger partial charge on any atom is -0.352 e. The van der Waals surface area contributed by atoms with Gasteiger partial charge in [0, 0.05) is 18.7 Å². The van der Waals surface area contributed by atoms with E-state index in [1.54, 1.807) is 19.1 Å². The highest BCUT2D eigenvalue weighted by Gasteiger charge is 2.26. The van der Waals surface area contributed by atoms with Crippen LogP contribution in [0.5, 0.6) is 0 Å². The zero-order valence-corrected chi connectivity index (χ0v) is 14.9. The van der Waals surface area contributed by atoms with Crippen LogP contribution in [0.15, 0.2) is 18.2 Å². The molecule has 0 saturated heterocycles. The summed E-state index contributed by atoms with van der Waals surface area (Å²) in [7, 11) is -3.26. The van der Waals surface area contributed by atoms with Crippen LogP contribution in [0.3, 0.4) is 0 Å². The SMILES string of the molecule is CCS(=O)(=O)N1CCCc2cc(C(=O)NCCC(C)C)ccc21. The van der Waals surface area contributed by atoms with E-state index in [-0.39, 0.29) is 11.7 Å². The summed E-state index contributed by atoms with van der Waals surface area (Å²) >= 11 is 0. The van der Waals surface area contributed by atoms with E-state index in [1.807, 2.05) is 6.07 Å². The van der Waals surface area contributed by atoms with Gasteiger partial charge in [-0.2, -0.15) is 0 Å². The van der Waals surface area contributed by atoms with Crippen molar-refractivity contribution < 1.29 is 13.2 Å². The molecular weight excluding hydrogens is 312 g/mol. The lowest BCUT2D eigenvalue weighted by Gasteiger charge is -2.30. The molecule has 23 heavy (non-hydrogen) atoms. The monoisotopic (exact) mass is 338 g/mol. The van der Waals surface area contributed by atoms with Crippen molar-refractivity contribution in [2.45, 2.75) is 40.0 Å². The molecule has 0 aromatic heterocycles. The Bertz CT molecular complexity index is 668. The maximum atomic E-state index is 12.2. The lowest BCUT2D eigenvalue weighted by atomic mass is 10.0. The maximum absolute atomic E-state index is 12.2. The standard InChI is InChI=1S/C17H26N2O3S/c1-4-23(21,22)19-11-5-6-14-12-15(7-8-16(14)19)17(20)18-10-9-13(2)3/h7-8,12-13H,4-6,9-11H2,1-3H3,(H,18,20). The molecule has 1 amide bonds. The second kappa shape index (κ2) is 7.34. The number of nitrogens with one attached hydrogen (secondary N) is 1. The van der Waals surface area contributed by atoms with Gasteiger partial charge in [0.2, 0.25) is 10.0 Å². The highest BCUT2D eigenvalue weighted by atomic mass is 32.2. The minimum absolute atomic E-state index is 0.0872. The van der Waals surface area contributed by atoms with E-state index in [4.69, 9.17) is 0 Å². The average Bonchev–Trinajstić information content (AvgIpc) is 2.53. The van der Waals surface area contributed by atoms with Crippen molar-refractivity contribution in [2.24, 2.45) is 5.92 Å². The first kappa shape index (κ1) is 17.8. The molecule has 0 saturated carbocycles. The summed E-state index contributed by atoms with van der Waals surface area (Å²) in [6.07, 6.45) is 2.53. The number of benzene rings is 1. The van der Waals surface area contributed by atoms with Crippen LogP contribution in [0, 0.1) is 5.92 Å². The van der Waals surface area contributed by atoms with Gasteiger partial charge in [0.25, 0.3) is 5.91 Å². The minimum atomic E-state index is -3.26. The van der Waals surface area contributed by atoms with Crippen LogP contribution in [0.2, 0.25) is 0 Å². The fourth-order valence-corrected chi connectivity index (χ4v) is 3.92. The predicted molar refractivity (Wildman–Crippen MR) is 93.4 cm³/mol. The molecule has 0 bridgehead atoms. The zero-order chi connectivity index (χ0) is 17.0. The molecule has 0 spiro atoms. The Balaban J connectivity index is 2.18. The third-order valence-electron chi connectivity index (χ3n) is 4.13. The van der Waals surface area contributed by atoms with Crippen molar-refractivity contribution >= 4 is 21.6 Å². The van der Waals surface area contributed by atoms with Gasteiger partial charge in [-0.1, -0.05) is 13.8 Å². The summed E-state index contributed by atoms with van der Waals surface area (Å²) in [6.45, 7) is 7.06. The fourth-order valence-electron chi connectivity index (χ4n) is 2.73. The lowest BCUT2D eigenvalue weighted by Crippen LogP contribution is -2.36. The van der Waals surface area contributed by atoms with Gasteiger partial charge < -0.3 is 5.32 Å². The molecule has 1 aromatic carbocycles. The topological polar surface area (TPSA) is 66.5 Å². The van der Waals surface area contributed by atoms with Crippen molar-refractivity contribution in [3.8, 4) is 0 Å². The summed E-state index contributed by atoms with van der Waals surface area (Å²) in [5, 5.41) is 2.92. The Morgan fingerprint density at radius 2 is 2.09 bits per heavy atom. The van der Waals surface area contributed by atoms with Crippen molar-refractivity contribution in [1.82, 2.24) is 5.32 Å². The molecule has 5 nitrogen and oxygen atoms in total. The zero-order valence-electron chi connectivity index (χ0n) is 14.1. The van der Waals surface area contributed by atoms with Gasteiger partial charge in [0.15, 0.2) is 0 Å². The molecule has 0 unspecified atom stereocenters. The van der Waals surface area contributed by atoms with Crippen LogP contribution in [0.25, 0.3) is 0 Å². The number of sulfonamides is 1. The molecule has 1 N–H and O–H groups in total. The number of fused-ring (bicyclic) bond motifs is 1. The van der Waals surface area contributed by atoms with Crippen LogP contribution in [-0.2, 0) is 16.4 Å². The summed E-state index contributed by atoms with van der Waals surface area (Å²) in [5.41, 5.74) is 2.25. The van der Waals surface area contributed by atoms with Gasteiger partial charge >= 0.3 is 0 Å². The molecular formula is C17H26N2O3S. The normalized spacial score (nSPS) is 14.7. The first-order chi connectivity index (χ1) is 10.8. The van der Waals surface area contributed by atoms with E-state index in [2.05, 4.69) is 19.2 Å². The number of hydrogen-bond acceptors (Lipinski definition) is 3. The van der Waals surface area contributed by atoms with Gasteiger partial charge in [0.05, 0.1) is 11.4 Å². The summed E-state index contributed by atoms with van der Waals surface area (Å²) < 4.78 is 25.9. The van der Waals surface area contributed by atoms with Crippen LogP contribution < -0.4 is 9.62 Å². The number of rotatable bonds is 6. The summed E-state index contributed by atoms with van der Waals surface area (Å²) in [4.78, 5) is 12.2. The third-order valence-corrected chi connectivity index (χ3v) is 5.91. The van der Waals surface area contributed by atoms with Crippen LogP contribution in [0.1, 0.15) is 49.5 Å². The maximum Gasteiger partial charge on any atom is 0.251 e. The Morgan fingerprint density at radius 1 is 1.35 bits per heavy atom. The van der Waals surface area contributed by atoms with Crippen LogP contribution >= 0.6 is 0 Å². The molecule has 1 heterocycles. The van der Waals surface area contributed by atoms with Crippen molar-refractivity contribution in [3.05, 3.63) is 29.3 Å². The smallest absolute Gasteiger partial charge is 0.251 e. The van der Waals surface area contributed by atoms with E-state index in [0.29, 0.717) is 24.6 Å². The molecule has 1 aliphatic rings. The van der Waals surface area contributed by atoms with Crippen molar-refractivity contribution in [3.63, 3.8) is 0 Å². The van der Waals surface area contributed by atoms with E-state index in [9.17, 15) is 13.2 Å². The Hall–Kier alpha value is -1.56. The molecule has 1 aliphatic heterocycles. The molecule has 6 heteroatoms. The number of amides is 1. The van der Waals surface area contributed by atoms with E-state index in [1.165, 1.54) is 4.31 Å². The van der Waals surface area contributed by atoms with Crippen LogP contribution in [0.4, 0.5) is 5.69 Å². The molecule has 0 aliphatic carbocycles. The molecule has 0 radical (unpaired) electrons. The predicted octanol–water partition coefficient (Wildman–Crippen LogP) is 2.56. The highest BCUT2D eigenvalue weighted by molar-refractivity contribution is 7.92. The number of carbonyl (C=O) groups excluding carboxylic acids is 1. The quantitative estimate of drug-likeness (QED) is 0.867. The highest BCUT2D eigenvalue weighted by Crippen LogP contribution is 2.30. The second-order valence-corrected chi connectivity index (χ2v) is 8.54. The molecule has 128 valence electrons. The van der Waals surface area contributed by atoms with E-state index >= 15 is 0 Å². The number of aryl methyl sites for hydroxylation is 1. The average molecular weight is 338 g/mol. The van der Waals surface area contributed by atoms with Crippen LogP contribution in [-0.4, -0.2) is 33.2 Å². The Morgan fingerprint density at radius 3 is 2.74 bits per heavy atom. The number of anilines is 1. The van der Waals surface area contributed by atoms with Gasteiger partial charge in [-0.05, 0) is 55.9 Å². The number of hydrogen-bond donors (Lipinski definition) is 1. The third kappa shape index (κ3) is 4.25. The van der Waals surface area contributed by atoms with E-state index < -0.39 is 10.0 Å². The van der Waals surface area contributed by atoms with Gasteiger partial charge in [0.1, 0.15) is 0 Å². The first-order valence-electron chi connectivity index (χ1n) is 8.26. The Kier molecular flexibility index (Phi) is 5.68. The fraction of sp³-hybridized carbons (Fsp3) is 0.588. The van der Waals surface area contributed by atoms with Gasteiger partial charge in [-0.3, -0.25) is 9.10 Å². The number of carbonyl (C=O) groups is 1. The molecule has 0 fully saturated rings. The van der Waals surface area contributed by atoms with Crippen molar-refractivity contribution in [1.29, 1.82) is 0 Å². The van der Waals surface area contributed by atoms with Gasteiger partial charge in [-0.15, -0.1) is 0 Å². The van der Waals surface area contributed by atoms with E-state index in [0.717, 1.165) is 30.5 Å². The van der Waals surface area contributed by atoms with Gasteiger partial charge in [-0.25, -0.2) is 8.42 Å². The lowest BCUT2D eigenvalue weighted by molar-refractivity contribution is 0.0952. The van der Waals surface area contributed by atoms with Crippen molar-refractivity contribution in [2.75, 3.05) is 23.1 Å². The molecule has 2 rings (SSSR count). The molecule has 1 aromatic rings. The largest absolute Gasteiger partial charge is 0.352 e. The molecule has 0 atom stereocenters. The number of nitrogens with zero attached hydrogens (tertiary/aromatic N) is 1. The second-order valence-electron chi connectivity index (χ2n) is 6.36. The first-order valence-corrected chi connectivity index (χ1v) is 9.87. The summed E-state index contributed by atoms with van der Waals surface area (Å²) in [6, 6.07) is 5.31. The Labute approximate surface area is 139 Å². The summed E-state index contributed by atoms with van der Waals surface area (Å²) in [5.74, 6) is 0.541.